The van der Waals surface area contributed by atoms with Crippen molar-refractivity contribution in [1.82, 2.24) is 19.8 Å². The van der Waals surface area contributed by atoms with Crippen LogP contribution in [-0.4, -0.2) is 39.4 Å². The smallest absolute Gasteiger partial charge is 0.225 e. The first-order chi connectivity index (χ1) is 13.6. The van der Waals surface area contributed by atoms with E-state index in [1.165, 1.54) is 6.42 Å². The number of imidazole rings is 1. The van der Waals surface area contributed by atoms with Crippen molar-refractivity contribution in [1.29, 1.82) is 0 Å². The van der Waals surface area contributed by atoms with Gasteiger partial charge in [-0.1, -0.05) is 25.1 Å². The van der Waals surface area contributed by atoms with E-state index in [-0.39, 0.29) is 17.7 Å². The molecule has 1 fully saturated rings. The predicted octanol–water partition coefficient (Wildman–Crippen LogP) is 2.76. The van der Waals surface area contributed by atoms with Crippen molar-refractivity contribution >= 4 is 11.8 Å². The number of hydrogen-bond acceptors (Lipinski definition) is 3. The molecule has 6 nitrogen and oxygen atoms in total. The maximum absolute atomic E-state index is 12.6. The fourth-order valence-corrected chi connectivity index (χ4v) is 4.21. The van der Waals surface area contributed by atoms with Gasteiger partial charge in [0.1, 0.15) is 5.82 Å². The number of benzene rings is 1. The van der Waals surface area contributed by atoms with Gasteiger partial charge in [0.05, 0.1) is 11.6 Å². The number of carbonyl (C=O) groups is 2. The number of hydrogen-bond donors (Lipinski definition) is 1. The first kappa shape index (κ1) is 18.7. The summed E-state index contributed by atoms with van der Waals surface area (Å²) in [5.74, 6) is 1.23. The van der Waals surface area contributed by atoms with E-state index >= 15 is 0 Å². The van der Waals surface area contributed by atoms with Gasteiger partial charge in [0, 0.05) is 50.8 Å². The number of piperidine rings is 1. The Morgan fingerprint density at radius 2 is 2.14 bits per heavy atom. The molecule has 6 heteroatoms. The van der Waals surface area contributed by atoms with Gasteiger partial charge in [0.15, 0.2) is 0 Å². The number of likely N-dealkylation sites (tertiary alicyclic amines) is 1. The lowest BCUT2D eigenvalue weighted by molar-refractivity contribution is -0.135. The summed E-state index contributed by atoms with van der Waals surface area (Å²) in [5, 5.41) is 3.06. The zero-order valence-corrected chi connectivity index (χ0v) is 16.5. The van der Waals surface area contributed by atoms with Crippen LogP contribution in [-0.2, 0) is 29.1 Å². The molecule has 1 atom stereocenters. The molecule has 4 rings (SSSR count). The normalized spacial score (nSPS) is 18.8. The molecule has 0 radical (unpaired) electrons. The second-order valence-electron chi connectivity index (χ2n) is 7.79. The molecule has 1 saturated heterocycles. The van der Waals surface area contributed by atoms with Crippen molar-refractivity contribution in [3.8, 4) is 11.3 Å². The summed E-state index contributed by atoms with van der Waals surface area (Å²) >= 11 is 0. The van der Waals surface area contributed by atoms with Gasteiger partial charge in [-0.2, -0.15) is 0 Å². The average molecular weight is 380 g/mol. The van der Waals surface area contributed by atoms with Crippen molar-refractivity contribution in [2.24, 2.45) is 5.92 Å². The highest BCUT2D eigenvalue weighted by Gasteiger charge is 2.27. The summed E-state index contributed by atoms with van der Waals surface area (Å²) in [6.45, 7) is 4.73. The van der Waals surface area contributed by atoms with Crippen LogP contribution in [0, 0.1) is 5.92 Å². The van der Waals surface area contributed by atoms with Crippen molar-refractivity contribution in [2.75, 3.05) is 13.1 Å². The fraction of sp³-hybridized carbons (Fsp3) is 0.500. The maximum Gasteiger partial charge on any atom is 0.225 e. The summed E-state index contributed by atoms with van der Waals surface area (Å²) in [6.07, 6.45) is 6.59. The zero-order valence-electron chi connectivity index (χ0n) is 16.5. The Morgan fingerprint density at radius 1 is 1.25 bits per heavy atom. The van der Waals surface area contributed by atoms with Crippen LogP contribution in [0.15, 0.2) is 30.5 Å². The number of nitrogens with one attached hydrogen (secondary N) is 1. The number of nitrogens with zero attached hydrogens (tertiary/aromatic N) is 3. The number of carbonyl (C=O) groups excluding carboxylic acids is 2. The summed E-state index contributed by atoms with van der Waals surface area (Å²) in [7, 11) is 0. The number of fused-ring (bicyclic) bond motifs is 1. The van der Waals surface area contributed by atoms with Gasteiger partial charge in [0.25, 0.3) is 0 Å². The van der Waals surface area contributed by atoms with Crippen LogP contribution in [0.5, 0.6) is 0 Å². The topological polar surface area (TPSA) is 67.2 Å². The molecule has 3 heterocycles. The summed E-state index contributed by atoms with van der Waals surface area (Å²) in [5.41, 5.74) is 3.16. The molecule has 0 saturated carbocycles. The lowest BCUT2D eigenvalue weighted by Crippen LogP contribution is -2.45. The third-order valence-electron chi connectivity index (χ3n) is 5.80. The lowest BCUT2D eigenvalue weighted by atomic mass is 9.96. The molecule has 1 unspecified atom stereocenters. The van der Waals surface area contributed by atoms with E-state index in [1.807, 2.05) is 24.0 Å². The third-order valence-corrected chi connectivity index (χ3v) is 5.80. The van der Waals surface area contributed by atoms with E-state index < -0.39 is 0 Å². The van der Waals surface area contributed by atoms with E-state index in [9.17, 15) is 9.59 Å². The first-order valence-corrected chi connectivity index (χ1v) is 10.3. The first-order valence-electron chi connectivity index (χ1n) is 10.3. The molecule has 2 amide bonds. The molecule has 1 aromatic carbocycles. The van der Waals surface area contributed by atoms with E-state index in [0.29, 0.717) is 19.5 Å². The largest absolute Gasteiger partial charge is 0.352 e. The third kappa shape index (κ3) is 3.96. The highest BCUT2D eigenvalue weighted by atomic mass is 16.2. The van der Waals surface area contributed by atoms with Crippen LogP contribution in [0.2, 0.25) is 0 Å². The Hall–Kier alpha value is -2.63. The highest BCUT2D eigenvalue weighted by molar-refractivity contribution is 5.81. The molecular weight excluding hydrogens is 352 g/mol. The molecule has 148 valence electrons. The molecule has 28 heavy (non-hydrogen) atoms. The molecule has 2 aliphatic heterocycles. The number of amides is 2. The quantitative estimate of drug-likeness (QED) is 0.867. The van der Waals surface area contributed by atoms with Crippen molar-refractivity contribution in [3.05, 3.63) is 41.9 Å². The minimum atomic E-state index is -0.108. The van der Waals surface area contributed by atoms with Crippen LogP contribution >= 0.6 is 0 Å². The zero-order chi connectivity index (χ0) is 19.5. The molecule has 0 spiro atoms. The summed E-state index contributed by atoms with van der Waals surface area (Å²) < 4.78 is 2.23. The maximum atomic E-state index is 12.6. The average Bonchev–Trinajstić information content (AvgIpc) is 3.34. The van der Waals surface area contributed by atoms with Gasteiger partial charge < -0.3 is 14.8 Å². The fourth-order valence-electron chi connectivity index (χ4n) is 4.21. The van der Waals surface area contributed by atoms with Crippen LogP contribution < -0.4 is 5.32 Å². The second kappa shape index (κ2) is 8.17. The Labute approximate surface area is 165 Å². The molecular formula is C22H28N4O2. The Balaban J connectivity index is 1.37. The highest BCUT2D eigenvalue weighted by Crippen LogP contribution is 2.24. The van der Waals surface area contributed by atoms with Gasteiger partial charge in [-0.15, -0.1) is 0 Å². The van der Waals surface area contributed by atoms with Crippen molar-refractivity contribution in [3.63, 3.8) is 0 Å². The van der Waals surface area contributed by atoms with E-state index in [0.717, 1.165) is 55.0 Å². The SMILES string of the molecule is CCC(=O)N1CCCC(C(=O)NCc2cccc(-c3cn4c(n3)CCC4)c2)C1. The molecule has 2 aliphatic rings. The van der Waals surface area contributed by atoms with Crippen LogP contribution in [0.4, 0.5) is 0 Å². The van der Waals surface area contributed by atoms with E-state index in [2.05, 4.69) is 28.2 Å². The summed E-state index contributed by atoms with van der Waals surface area (Å²) in [4.78, 5) is 31.1. The number of aryl methyl sites for hydroxylation is 2. The predicted molar refractivity (Wildman–Crippen MR) is 107 cm³/mol. The van der Waals surface area contributed by atoms with Gasteiger partial charge >= 0.3 is 0 Å². The molecule has 1 N–H and O–H groups in total. The van der Waals surface area contributed by atoms with Crippen LogP contribution in [0.25, 0.3) is 11.3 Å². The molecule has 2 aromatic rings. The lowest BCUT2D eigenvalue weighted by Gasteiger charge is -2.31. The van der Waals surface area contributed by atoms with Crippen molar-refractivity contribution < 1.29 is 9.59 Å². The molecule has 0 aliphatic carbocycles. The minimum Gasteiger partial charge on any atom is -0.352 e. The van der Waals surface area contributed by atoms with Crippen LogP contribution in [0.1, 0.15) is 44.0 Å². The van der Waals surface area contributed by atoms with Gasteiger partial charge in [0.2, 0.25) is 11.8 Å². The standard InChI is InChI=1S/C22H28N4O2/c1-2-21(27)26-11-4-8-18(14-26)22(28)23-13-16-6-3-7-17(12-16)19-15-25-10-5-9-20(25)24-19/h3,6-7,12,15,18H,2,4-5,8-11,13-14H2,1H3,(H,23,28). The van der Waals surface area contributed by atoms with E-state index in [1.54, 1.807) is 0 Å². The van der Waals surface area contributed by atoms with Crippen LogP contribution in [0.3, 0.4) is 0 Å². The molecule has 1 aromatic heterocycles. The van der Waals surface area contributed by atoms with Crippen molar-refractivity contribution in [2.45, 2.75) is 52.1 Å². The number of aromatic nitrogens is 2. The van der Waals surface area contributed by atoms with Gasteiger partial charge in [-0.25, -0.2) is 4.98 Å². The Morgan fingerprint density at radius 3 is 2.96 bits per heavy atom. The Kier molecular flexibility index (Phi) is 5.46. The number of rotatable bonds is 5. The van der Waals surface area contributed by atoms with Gasteiger partial charge in [-0.05, 0) is 30.9 Å². The summed E-state index contributed by atoms with van der Waals surface area (Å²) in [6, 6.07) is 8.22. The Bertz CT molecular complexity index is 852. The monoisotopic (exact) mass is 380 g/mol. The second-order valence-corrected chi connectivity index (χ2v) is 7.79. The molecule has 0 bridgehead atoms. The van der Waals surface area contributed by atoms with Gasteiger partial charge in [-0.3, -0.25) is 9.59 Å². The minimum absolute atomic E-state index is 0.0416. The van der Waals surface area contributed by atoms with E-state index in [4.69, 9.17) is 4.98 Å².